The third-order valence-electron chi connectivity index (χ3n) is 4.87. The normalized spacial score (nSPS) is 13.7. The second kappa shape index (κ2) is 16.3. The number of alkyl halides is 12. The molecule has 0 spiro atoms. The molecule has 2 aromatic heterocycles. The first-order chi connectivity index (χ1) is 21.2. The number of sulfonamides is 4. The summed E-state index contributed by atoms with van der Waals surface area (Å²) in [5, 5.41) is 0. The summed E-state index contributed by atoms with van der Waals surface area (Å²) >= 11 is 0. The minimum atomic E-state index is -6.72. The van der Waals surface area contributed by atoms with Crippen molar-refractivity contribution in [2.75, 3.05) is 0 Å². The van der Waals surface area contributed by atoms with Gasteiger partial charge in [0, 0.05) is 0 Å². The number of rotatable bonds is 11. The van der Waals surface area contributed by atoms with Crippen molar-refractivity contribution in [3.05, 3.63) is 45.7 Å². The van der Waals surface area contributed by atoms with Gasteiger partial charge >= 0.3 is 22.0 Å². The van der Waals surface area contributed by atoms with Crippen LogP contribution >= 0.6 is 0 Å². The number of hydrogen-bond acceptors (Lipinski definition) is 8. The predicted molar refractivity (Wildman–Crippen MR) is 136 cm³/mol. The van der Waals surface area contributed by atoms with Crippen molar-refractivity contribution in [2.45, 2.75) is 74.9 Å². The summed E-state index contributed by atoms with van der Waals surface area (Å²) in [6.45, 7) is 8.66. The summed E-state index contributed by atoms with van der Waals surface area (Å²) in [6.07, 6.45) is 15.4. The molecule has 0 saturated carbocycles. The Morgan fingerprint density at radius 3 is 0.896 bits per heavy atom. The van der Waals surface area contributed by atoms with Crippen LogP contribution in [-0.2, 0) is 66.3 Å². The summed E-state index contributed by atoms with van der Waals surface area (Å²) in [5.41, 5.74) is -24.8. The maximum atomic E-state index is 11.4. The van der Waals surface area contributed by atoms with Crippen molar-refractivity contribution in [3.8, 4) is 0 Å². The number of unbranched alkanes of at least 4 members (excludes halogenated alkanes) is 1. The monoisotopic (exact) mass is 808 g/mol. The molecule has 48 heavy (non-hydrogen) atoms. The van der Waals surface area contributed by atoms with Gasteiger partial charge in [-0.1, -0.05) is 0 Å². The van der Waals surface area contributed by atoms with Crippen LogP contribution in [0, 0.1) is 0 Å². The standard InChI is InChI=1S/C14H24N4.2C2F6NO4S2/c1-3-15-9-11-17(13-15)7-5-6-8-18-12-10-16(4-2)14-18;2*3-1(4,5)14(10,11)9-15(12,13)2(6,7)8/h9-14H,3-8H2,1-2H3;;/q+2;2*-1. The summed E-state index contributed by atoms with van der Waals surface area (Å²) in [4.78, 5) is 0. The third-order valence-corrected chi connectivity index (χ3v) is 10.3. The molecule has 0 N–H and O–H groups in total. The molecular formula is C18H24F12N6O8S4. The van der Waals surface area contributed by atoms with Gasteiger partial charge in [0.15, 0.2) is 40.1 Å². The van der Waals surface area contributed by atoms with E-state index in [2.05, 4.69) is 69.6 Å². The van der Waals surface area contributed by atoms with Gasteiger partial charge in [0.05, 0.1) is 26.2 Å². The van der Waals surface area contributed by atoms with Gasteiger partial charge in [-0.15, -0.1) is 0 Å². The number of aryl methyl sites for hydroxylation is 4. The fourth-order valence-corrected chi connectivity index (χ4v) is 5.95. The van der Waals surface area contributed by atoms with E-state index in [0.717, 1.165) is 34.4 Å². The van der Waals surface area contributed by atoms with Crippen molar-refractivity contribution in [3.63, 3.8) is 0 Å². The van der Waals surface area contributed by atoms with E-state index < -0.39 is 62.1 Å². The summed E-state index contributed by atoms with van der Waals surface area (Å²) in [6, 6.07) is 0. The van der Waals surface area contributed by atoms with E-state index in [1.165, 1.54) is 12.8 Å². The van der Waals surface area contributed by atoms with Gasteiger partial charge in [0.25, 0.3) is 0 Å². The fourth-order valence-electron chi connectivity index (χ4n) is 2.53. The van der Waals surface area contributed by atoms with Gasteiger partial charge in [0.1, 0.15) is 24.8 Å². The van der Waals surface area contributed by atoms with Gasteiger partial charge in [-0.3, -0.25) is 0 Å². The lowest BCUT2D eigenvalue weighted by atomic mass is 10.3. The van der Waals surface area contributed by atoms with Gasteiger partial charge in [0.2, 0.25) is 12.7 Å². The molecule has 0 saturated heterocycles. The highest BCUT2D eigenvalue weighted by Crippen LogP contribution is 2.37. The van der Waals surface area contributed by atoms with Crippen LogP contribution in [-0.4, -0.2) is 64.8 Å². The zero-order chi connectivity index (χ0) is 38.2. The molecule has 14 nitrogen and oxygen atoms in total. The van der Waals surface area contributed by atoms with Crippen LogP contribution in [0.4, 0.5) is 52.7 Å². The molecule has 30 heteroatoms. The largest absolute Gasteiger partial charge is 0.480 e. The Kier molecular flexibility index (Phi) is 15.4. The Labute approximate surface area is 265 Å². The van der Waals surface area contributed by atoms with E-state index in [1.807, 2.05) is 0 Å². The van der Waals surface area contributed by atoms with Crippen molar-refractivity contribution in [1.82, 2.24) is 9.13 Å². The molecule has 0 bridgehead atoms. The van der Waals surface area contributed by atoms with Crippen molar-refractivity contribution < 1.29 is 95.5 Å². The Morgan fingerprint density at radius 2 is 0.729 bits per heavy atom. The van der Waals surface area contributed by atoms with Crippen LogP contribution in [0.2, 0.25) is 0 Å². The molecule has 0 aliphatic carbocycles. The van der Waals surface area contributed by atoms with E-state index in [4.69, 9.17) is 0 Å². The number of imidazole rings is 2. The minimum absolute atomic E-state index is 0.778. The lowest BCUT2D eigenvalue weighted by molar-refractivity contribution is -0.707. The smallest absolute Gasteiger partial charge is 0.421 e. The van der Waals surface area contributed by atoms with E-state index in [0.29, 0.717) is 0 Å². The highest BCUT2D eigenvalue weighted by Gasteiger charge is 2.48. The maximum Gasteiger partial charge on any atom is 0.480 e. The quantitative estimate of drug-likeness (QED) is 0.188. The van der Waals surface area contributed by atoms with Gasteiger partial charge in [-0.05, 0) is 26.7 Å². The second-order valence-corrected chi connectivity index (χ2v) is 15.3. The Balaban J connectivity index is 0.000000696. The molecule has 0 amide bonds. The summed E-state index contributed by atoms with van der Waals surface area (Å²) in [5.74, 6) is 0. The van der Waals surface area contributed by atoms with Crippen molar-refractivity contribution >= 4 is 40.1 Å². The minimum Gasteiger partial charge on any atom is -0.421 e. The Bertz CT molecular complexity index is 1550. The van der Waals surface area contributed by atoms with Gasteiger partial charge < -0.3 is 8.25 Å². The average molecular weight is 809 g/mol. The molecule has 282 valence electrons. The second-order valence-electron chi connectivity index (χ2n) is 8.50. The zero-order valence-electron chi connectivity index (χ0n) is 23.8. The molecule has 0 fully saturated rings. The fraction of sp³-hybridized carbons (Fsp3) is 0.667. The third kappa shape index (κ3) is 14.0. The lowest BCUT2D eigenvalue weighted by Gasteiger charge is -2.22. The summed E-state index contributed by atoms with van der Waals surface area (Å²) < 4.78 is 227. The molecule has 2 heterocycles. The van der Waals surface area contributed by atoms with E-state index in [9.17, 15) is 86.4 Å². The van der Waals surface area contributed by atoms with E-state index >= 15 is 0 Å². The molecule has 2 aromatic rings. The van der Waals surface area contributed by atoms with Crippen LogP contribution in [0.3, 0.4) is 0 Å². The summed E-state index contributed by atoms with van der Waals surface area (Å²) in [7, 11) is -26.9. The number of halogens is 12. The van der Waals surface area contributed by atoms with Gasteiger partial charge in [-0.25, -0.2) is 51.9 Å². The van der Waals surface area contributed by atoms with Crippen molar-refractivity contribution in [1.29, 1.82) is 0 Å². The first-order valence-electron chi connectivity index (χ1n) is 12.1. The highest BCUT2D eigenvalue weighted by molar-refractivity contribution is 8.13. The van der Waals surface area contributed by atoms with E-state index in [1.54, 1.807) is 0 Å². The molecule has 0 aliphatic rings. The molecule has 0 atom stereocenters. The van der Waals surface area contributed by atoms with Crippen LogP contribution in [0.5, 0.6) is 0 Å². The van der Waals surface area contributed by atoms with Crippen LogP contribution in [0.15, 0.2) is 37.4 Å². The van der Waals surface area contributed by atoms with Crippen LogP contribution < -0.4 is 9.13 Å². The SMILES string of the molecule is CCn1cc[n+](CCCC[n+]2ccn(CC)c2)c1.O=S(=O)([N-]S(=O)(=O)C(F)(F)F)C(F)(F)F.O=S(=O)([N-]S(=O)(=O)C(F)(F)F)C(F)(F)F. The Hall–Kier alpha value is -2.70. The molecule has 0 unspecified atom stereocenters. The van der Waals surface area contributed by atoms with Gasteiger partial charge in [-0.2, -0.15) is 52.7 Å². The predicted octanol–water partition coefficient (Wildman–Crippen LogP) is 3.50. The lowest BCUT2D eigenvalue weighted by Crippen LogP contribution is -2.34. The zero-order valence-corrected chi connectivity index (χ0v) is 27.1. The molecule has 0 aliphatic heterocycles. The molecule has 2 rings (SSSR count). The first-order valence-corrected chi connectivity index (χ1v) is 17.8. The molecule has 0 aromatic carbocycles. The first kappa shape index (κ1) is 45.3. The molecular weight excluding hydrogens is 784 g/mol. The number of hydrogen-bond donors (Lipinski definition) is 0. The Morgan fingerprint density at radius 1 is 0.500 bits per heavy atom. The van der Waals surface area contributed by atoms with Crippen LogP contribution in [0.25, 0.3) is 8.25 Å². The van der Waals surface area contributed by atoms with E-state index in [-0.39, 0.29) is 0 Å². The van der Waals surface area contributed by atoms with Crippen molar-refractivity contribution in [2.24, 2.45) is 0 Å². The highest BCUT2D eigenvalue weighted by atomic mass is 32.3. The number of aromatic nitrogens is 4. The average Bonchev–Trinajstić information content (AvgIpc) is 3.53. The topological polar surface area (TPSA) is 182 Å². The molecule has 0 radical (unpaired) electrons. The number of nitrogens with zero attached hydrogens (tertiary/aromatic N) is 6. The van der Waals surface area contributed by atoms with Crippen LogP contribution in [0.1, 0.15) is 26.7 Å². The maximum absolute atomic E-state index is 11.4.